The van der Waals surface area contributed by atoms with Gasteiger partial charge in [-0.1, -0.05) is 43.3 Å². The number of hydrogen-bond donors (Lipinski definition) is 1. The van der Waals surface area contributed by atoms with Crippen LogP contribution in [0.15, 0.2) is 43.0 Å². The van der Waals surface area contributed by atoms with Crippen LogP contribution in [0, 0.1) is 5.92 Å². The second-order valence-electron chi connectivity index (χ2n) is 4.63. The molecule has 0 spiro atoms. The molecule has 0 aliphatic carbocycles. The monoisotopic (exact) mass is 299 g/mol. The molecule has 0 heterocycles. The summed E-state index contributed by atoms with van der Waals surface area (Å²) in [5.41, 5.74) is 1.19. The molecule has 0 amide bonds. The third kappa shape index (κ3) is 5.80. The third-order valence-electron chi connectivity index (χ3n) is 2.99. The number of primary sulfonamides is 1. The average Bonchev–Trinajstić information content (AvgIpc) is 2.34. The van der Waals surface area contributed by atoms with Gasteiger partial charge < -0.3 is 0 Å². The van der Waals surface area contributed by atoms with Gasteiger partial charge >= 0.3 is 0 Å². The maximum absolute atomic E-state index is 11.6. The predicted molar refractivity (Wildman–Crippen MR) is 83.5 cm³/mol. The lowest BCUT2D eigenvalue weighted by atomic mass is 10.1. The van der Waals surface area contributed by atoms with Crippen molar-refractivity contribution in [3.05, 3.63) is 48.6 Å². The Morgan fingerprint density at radius 1 is 1.37 bits per heavy atom. The maximum Gasteiger partial charge on any atom is 0.213 e. The second kappa shape index (κ2) is 7.72. The Morgan fingerprint density at radius 2 is 2.00 bits per heavy atom. The van der Waals surface area contributed by atoms with Crippen LogP contribution in [0.3, 0.4) is 0 Å². The van der Waals surface area contributed by atoms with Crippen molar-refractivity contribution in [2.75, 3.05) is 5.75 Å². The highest BCUT2D eigenvalue weighted by Gasteiger charge is 2.26. The molecule has 1 aromatic rings. The van der Waals surface area contributed by atoms with E-state index in [2.05, 4.69) is 6.58 Å². The van der Waals surface area contributed by atoms with Crippen LogP contribution in [0.1, 0.15) is 18.9 Å². The number of benzene rings is 1. The normalized spacial score (nSPS) is 14.8. The minimum Gasteiger partial charge on any atom is -0.228 e. The molecule has 1 rings (SSSR count). The third-order valence-corrected chi connectivity index (χ3v) is 5.81. The van der Waals surface area contributed by atoms with Gasteiger partial charge in [0.25, 0.3) is 0 Å². The molecule has 0 aromatic heterocycles. The minimum absolute atomic E-state index is 0.00391. The summed E-state index contributed by atoms with van der Waals surface area (Å²) in [6, 6.07) is 9.99. The van der Waals surface area contributed by atoms with E-state index in [1.54, 1.807) is 17.8 Å². The van der Waals surface area contributed by atoms with Crippen LogP contribution in [-0.2, 0) is 15.8 Å². The van der Waals surface area contributed by atoms with E-state index in [0.717, 1.165) is 5.75 Å². The minimum atomic E-state index is -3.51. The van der Waals surface area contributed by atoms with Gasteiger partial charge in [0.05, 0.1) is 5.25 Å². The smallest absolute Gasteiger partial charge is 0.213 e. The summed E-state index contributed by atoms with van der Waals surface area (Å²) >= 11 is 1.60. The van der Waals surface area contributed by atoms with E-state index in [1.165, 1.54) is 5.56 Å². The van der Waals surface area contributed by atoms with Crippen LogP contribution < -0.4 is 5.14 Å². The molecule has 19 heavy (non-hydrogen) atoms. The Labute approximate surface area is 120 Å². The Balaban J connectivity index is 2.57. The fraction of sp³-hybridized carbons (Fsp3) is 0.429. The highest BCUT2D eigenvalue weighted by Crippen LogP contribution is 2.22. The van der Waals surface area contributed by atoms with Gasteiger partial charge in [0.1, 0.15) is 0 Å². The van der Waals surface area contributed by atoms with Crippen molar-refractivity contribution < 1.29 is 8.42 Å². The average molecular weight is 299 g/mol. The molecule has 1 unspecified atom stereocenters. The van der Waals surface area contributed by atoms with Gasteiger partial charge in [0.15, 0.2) is 0 Å². The van der Waals surface area contributed by atoms with Gasteiger partial charge in [-0.3, -0.25) is 0 Å². The lowest BCUT2D eigenvalue weighted by Gasteiger charge is -2.20. The molecule has 2 N–H and O–H groups in total. The molecule has 0 fully saturated rings. The number of nitrogens with two attached hydrogens (primary N) is 1. The number of sulfonamides is 1. The maximum atomic E-state index is 11.6. The van der Waals surface area contributed by atoms with E-state index >= 15 is 0 Å². The van der Waals surface area contributed by atoms with E-state index in [-0.39, 0.29) is 5.92 Å². The zero-order chi connectivity index (χ0) is 14.3. The summed E-state index contributed by atoms with van der Waals surface area (Å²) in [5, 5.41) is 4.80. The van der Waals surface area contributed by atoms with Crippen LogP contribution in [0.2, 0.25) is 0 Å². The Kier molecular flexibility index (Phi) is 6.62. The van der Waals surface area contributed by atoms with Crippen LogP contribution in [0.5, 0.6) is 0 Å². The molecule has 5 heteroatoms. The van der Waals surface area contributed by atoms with Crippen LogP contribution in [0.25, 0.3) is 0 Å². The standard InChI is InChI=1S/C14H21NO2S2/c1-3-7-12(2)14(19(15,16)17)11-18-10-13-8-5-4-6-9-13/h3-6,8-9,12,14H,1,7,10-11H2,2H3,(H2,15,16,17)/t12-,14?/m0/s1. The lowest BCUT2D eigenvalue weighted by molar-refractivity contribution is 0.529. The first kappa shape index (κ1) is 16.3. The van der Waals surface area contributed by atoms with Crippen molar-refractivity contribution in [2.45, 2.75) is 24.3 Å². The van der Waals surface area contributed by atoms with E-state index in [9.17, 15) is 8.42 Å². The second-order valence-corrected chi connectivity index (χ2v) is 7.44. The van der Waals surface area contributed by atoms with Crippen molar-refractivity contribution in [1.29, 1.82) is 0 Å². The van der Waals surface area contributed by atoms with E-state index in [1.807, 2.05) is 37.3 Å². The Morgan fingerprint density at radius 3 is 2.53 bits per heavy atom. The van der Waals surface area contributed by atoms with Crippen LogP contribution in [0.4, 0.5) is 0 Å². The number of allylic oxidation sites excluding steroid dienone is 1. The first-order valence-corrected chi connectivity index (χ1v) is 8.95. The zero-order valence-electron chi connectivity index (χ0n) is 11.2. The van der Waals surface area contributed by atoms with Crippen LogP contribution >= 0.6 is 11.8 Å². The largest absolute Gasteiger partial charge is 0.228 e. The summed E-state index contributed by atoms with van der Waals surface area (Å²) in [6.45, 7) is 5.55. The van der Waals surface area contributed by atoms with Gasteiger partial charge in [0, 0.05) is 11.5 Å². The Hall–Kier alpha value is -0.780. The lowest BCUT2D eigenvalue weighted by Crippen LogP contribution is -2.36. The highest BCUT2D eigenvalue weighted by molar-refractivity contribution is 7.99. The van der Waals surface area contributed by atoms with E-state index in [0.29, 0.717) is 12.2 Å². The molecule has 0 aliphatic rings. The van der Waals surface area contributed by atoms with Crippen molar-refractivity contribution >= 4 is 21.8 Å². The van der Waals surface area contributed by atoms with Gasteiger partial charge in [-0.25, -0.2) is 13.6 Å². The summed E-state index contributed by atoms with van der Waals surface area (Å²) in [5.74, 6) is 1.31. The molecule has 0 saturated carbocycles. The van der Waals surface area contributed by atoms with Crippen molar-refractivity contribution in [1.82, 2.24) is 0 Å². The predicted octanol–water partition coefficient (Wildman–Crippen LogP) is 2.79. The fourth-order valence-electron chi connectivity index (χ4n) is 1.86. The van der Waals surface area contributed by atoms with Crippen LogP contribution in [-0.4, -0.2) is 19.4 Å². The molecule has 0 radical (unpaired) electrons. The summed E-state index contributed by atoms with van der Waals surface area (Å²) in [6.07, 6.45) is 2.40. The van der Waals surface area contributed by atoms with Crippen molar-refractivity contribution in [3.63, 3.8) is 0 Å². The molecule has 0 aliphatic heterocycles. The van der Waals surface area contributed by atoms with E-state index < -0.39 is 15.3 Å². The number of hydrogen-bond acceptors (Lipinski definition) is 3. The zero-order valence-corrected chi connectivity index (χ0v) is 12.8. The molecule has 3 nitrogen and oxygen atoms in total. The SMILES string of the molecule is C=CC[C@H](C)C(CSCc1ccccc1)S(N)(=O)=O. The van der Waals surface area contributed by atoms with Gasteiger partial charge in [-0.05, 0) is 17.9 Å². The molecular formula is C14H21NO2S2. The first-order valence-electron chi connectivity index (χ1n) is 6.19. The molecule has 106 valence electrons. The first-order chi connectivity index (χ1) is 8.95. The van der Waals surface area contributed by atoms with Gasteiger partial charge in [0.2, 0.25) is 10.0 Å². The topological polar surface area (TPSA) is 60.2 Å². The number of thioether (sulfide) groups is 1. The molecular weight excluding hydrogens is 278 g/mol. The fourth-order valence-corrected chi connectivity index (χ4v) is 4.78. The quantitative estimate of drug-likeness (QED) is 0.751. The summed E-state index contributed by atoms with van der Waals surface area (Å²) in [7, 11) is -3.51. The molecule has 0 bridgehead atoms. The summed E-state index contributed by atoms with van der Waals surface area (Å²) in [4.78, 5) is 0. The Bertz CT molecular complexity index is 485. The van der Waals surface area contributed by atoms with Crippen molar-refractivity contribution in [2.24, 2.45) is 11.1 Å². The van der Waals surface area contributed by atoms with Crippen molar-refractivity contribution in [3.8, 4) is 0 Å². The summed E-state index contributed by atoms with van der Waals surface area (Å²) < 4.78 is 23.2. The van der Waals surface area contributed by atoms with E-state index in [4.69, 9.17) is 5.14 Å². The molecule has 0 saturated heterocycles. The highest BCUT2D eigenvalue weighted by atomic mass is 32.2. The molecule has 1 aromatic carbocycles. The molecule has 2 atom stereocenters. The van der Waals surface area contributed by atoms with Gasteiger partial charge in [-0.2, -0.15) is 11.8 Å². The number of rotatable bonds is 8. The van der Waals surface area contributed by atoms with Gasteiger partial charge in [-0.15, -0.1) is 6.58 Å².